The monoisotopic (exact) mass is 602 g/mol. The molecule has 1 aliphatic carbocycles. The highest BCUT2D eigenvalue weighted by molar-refractivity contribution is 6.74. The van der Waals surface area contributed by atoms with E-state index in [0.717, 1.165) is 4.57 Å². The Hall–Kier alpha value is -2.41. The Balaban J connectivity index is 2.02. The number of benzene rings is 1. The number of nitrogens with zero attached hydrogens (tertiary/aromatic N) is 2. The molecule has 0 saturated heterocycles. The molecule has 41 heavy (non-hydrogen) atoms. The van der Waals surface area contributed by atoms with E-state index in [1.807, 2.05) is 0 Å². The minimum atomic E-state index is -2.42. The molecule has 1 aliphatic rings. The molecule has 10 heteroatoms. The molecule has 3 rings (SSSR count). The number of hydrogen-bond acceptors (Lipinski definition) is 6. The van der Waals surface area contributed by atoms with Gasteiger partial charge in [-0.3, -0.25) is 9.59 Å². The predicted octanol–water partition coefficient (Wildman–Crippen LogP) is 7.07. The van der Waals surface area contributed by atoms with E-state index in [1.54, 1.807) is 37.3 Å². The molecule has 0 amide bonds. The van der Waals surface area contributed by atoms with Crippen molar-refractivity contribution >= 4 is 22.5 Å². The van der Waals surface area contributed by atoms with Crippen molar-refractivity contribution in [1.29, 1.82) is 0 Å². The van der Waals surface area contributed by atoms with Crippen LogP contribution in [0.1, 0.15) is 63.9 Å². The minimum Gasteiger partial charge on any atom is -0.456 e. The largest absolute Gasteiger partial charge is 0.456 e. The van der Waals surface area contributed by atoms with Gasteiger partial charge in [0, 0.05) is 29.3 Å². The second kappa shape index (κ2) is 11.4. The molecule has 1 heterocycles. The molecule has 0 unspecified atom stereocenters. The number of carbonyl (C=O) groups is 1. The first kappa shape index (κ1) is 33.1. The van der Waals surface area contributed by atoms with E-state index < -0.39 is 46.0 Å². The number of alkyl halides is 1. The van der Waals surface area contributed by atoms with Crippen LogP contribution in [0.25, 0.3) is 0 Å². The minimum absolute atomic E-state index is 0.116. The SMILES string of the molecule is C=C1[C@@H](Oc2ncc(C)c(=O)n2C(=O)c2ccccc2)C[C@H](O[Si](C)(C)C(C)(C)C)[C@@]1(F)CO[Si](C)(C)C(C)(C)C. The Morgan fingerprint density at radius 2 is 1.63 bits per heavy atom. The van der Waals surface area contributed by atoms with Crippen LogP contribution in [0.15, 0.2) is 53.5 Å². The van der Waals surface area contributed by atoms with Crippen LogP contribution in [0.3, 0.4) is 0 Å². The van der Waals surface area contributed by atoms with Crippen LogP contribution in [0, 0.1) is 6.92 Å². The van der Waals surface area contributed by atoms with E-state index in [4.69, 9.17) is 13.6 Å². The fourth-order valence-corrected chi connectivity index (χ4v) is 6.46. The molecule has 226 valence electrons. The van der Waals surface area contributed by atoms with Gasteiger partial charge in [0.05, 0.1) is 12.7 Å². The van der Waals surface area contributed by atoms with Crippen LogP contribution in [0.5, 0.6) is 6.01 Å². The zero-order valence-electron chi connectivity index (χ0n) is 26.6. The summed E-state index contributed by atoms with van der Waals surface area (Å²) < 4.78 is 37.5. The highest BCUT2D eigenvalue weighted by Gasteiger charge is 2.57. The summed E-state index contributed by atoms with van der Waals surface area (Å²) in [7, 11) is -4.73. The van der Waals surface area contributed by atoms with Crippen molar-refractivity contribution in [3.8, 4) is 6.01 Å². The second-order valence-electron chi connectivity index (χ2n) is 14.2. The molecule has 0 bridgehead atoms. The van der Waals surface area contributed by atoms with E-state index in [0.29, 0.717) is 5.56 Å². The first-order valence-corrected chi connectivity index (χ1v) is 20.0. The van der Waals surface area contributed by atoms with Crippen LogP contribution in [-0.2, 0) is 8.85 Å². The van der Waals surface area contributed by atoms with Crippen molar-refractivity contribution in [1.82, 2.24) is 9.55 Å². The predicted molar refractivity (Wildman–Crippen MR) is 167 cm³/mol. The number of aryl methyl sites for hydroxylation is 1. The summed E-state index contributed by atoms with van der Waals surface area (Å²) in [6.07, 6.45) is -0.258. The Bertz CT molecular complexity index is 1350. The van der Waals surface area contributed by atoms with Crippen molar-refractivity contribution in [2.45, 2.75) is 109 Å². The van der Waals surface area contributed by atoms with E-state index in [9.17, 15) is 9.59 Å². The zero-order chi connectivity index (χ0) is 31.2. The van der Waals surface area contributed by atoms with Crippen LogP contribution >= 0.6 is 0 Å². The second-order valence-corrected chi connectivity index (χ2v) is 23.7. The van der Waals surface area contributed by atoms with Crippen molar-refractivity contribution in [3.63, 3.8) is 0 Å². The van der Waals surface area contributed by atoms with Gasteiger partial charge < -0.3 is 13.6 Å². The van der Waals surface area contributed by atoms with Gasteiger partial charge in [0.1, 0.15) is 6.10 Å². The smallest absolute Gasteiger partial charge is 0.307 e. The number of aromatic nitrogens is 2. The third kappa shape index (κ3) is 6.66. The summed E-state index contributed by atoms with van der Waals surface area (Å²) in [6, 6.07) is 8.23. The van der Waals surface area contributed by atoms with Crippen molar-refractivity contribution in [2.24, 2.45) is 0 Å². The fraction of sp³-hybridized carbons (Fsp3) is 0.581. The average Bonchev–Trinajstić information content (AvgIpc) is 3.08. The molecule has 0 N–H and O–H groups in total. The quantitative estimate of drug-likeness (QED) is 0.238. The number of hydrogen-bond donors (Lipinski definition) is 0. The van der Waals surface area contributed by atoms with E-state index >= 15 is 4.39 Å². The van der Waals surface area contributed by atoms with Gasteiger partial charge in [0.2, 0.25) is 0 Å². The van der Waals surface area contributed by atoms with Gasteiger partial charge in [-0.1, -0.05) is 66.3 Å². The molecule has 1 aromatic heterocycles. The molecule has 1 fully saturated rings. The Morgan fingerprint density at radius 1 is 1.07 bits per heavy atom. The molecule has 3 atom stereocenters. The summed E-state index contributed by atoms with van der Waals surface area (Å²) in [6.45, 7) is 26.5. The molecule has 1 aromatic carbocycles. The van der Waals surface area contributed by atoms with Crippen molar-refractivity contribution < 1.29 is 22.8 Å². The van der Waals surface area contributed by atoms with Crippen molar-refractivity contribution in [2.75, 3.05) is 6.61 Å². The summed E-state index contributed by atoms with van der Waals surface area (Å²) >= 11 is 0. The number of carbonyl (C=O) groups excluding carboxylic acids is 1. The van der Waals surface area contributed by atoms with E-state index in [2.05, 4.69) is 79.3 Å². The maximum absolute atomic E-state index is 17.3. The lowest BCUT2D eigenvalue weighted by molar-refractivity contribution is 0.00809. The first-order chi connectivity index (χ1) is 18.6. The summed E-state index contributed by atoms with van der Waals surface area (Å²) in [5.74, 6) is -0.577. The van der Waals surface area contributed by atoms with Gasteiger partial charge in [-0.25, -0.2) is 9.37 Å². The van der Waals surface area contributed by atoms with Crippen LogP contribution in [-0.4, -0.2) is 56.6 Å². The van der Waals surface area contributed by atoms with Crippen LogP contribution in [0.4, 0.5) is 4.39 Å². The maximum atomic E-state index is 17.3. The summed E-state index contributed by atoms with van der Waals surface area (Å²) in [5, 5.41) is -0.274. The number of ether oxygens (including phenoxy) is 1. The Kier molecular flexibility index (Phi) is 9.16. The third-order valence-corrected chi connectivity index (χ3v) is 18.1. The molecule has 2 aromatic rings. The third-order valence-electron chi connectivity index (χ3n) is 9.13. The molecular formula is C31H47FN2O5Si2. The van der Waals surface area contributed by atoms with Crippen LogP contribution in [0.2, 0.25) is 36.3 Å². The average molecular weight is 603 g/mol. The molecule has 0 aliphatic heterocycles. The highest BCUT2D eigenvalue weighted by Crippen LogP contribution is 2.48. The van der Waals surface area contributed by atoms with Gasteiger partial charge in [0.25, 0.3) is 11.5 Å². The molecule has 7 nitrogen and oxygen atoms in total. The Morgan fingerprint density at radius 3 is 2.17 bits per heavy atom. The summed E-state index contributed by atoms with van der Waals surface area (Å²) in [5.41, 5.74) is -1.83. The van der Waals surface area contributed by atoms with Crippen LogP contribution < -0.4 is 10.3 Å². The van der Waals surface area contributed by atoms with Gasteiger partial charge in [-0.15, -0.1) is 0 Å². The van der Waals surface area contributed by atoms with E-state index in [-0.39, 0.29) is 40.3 Å². The van der Waals surface area contributed by atoms with Gasteiger partial charge in [-0.05, 0) is 55.3 Å². The zero-order valence-corrected chi connectivity index (χ0v) is 28.6. The highest BCUT2D eigenvalue weighted by atomic mass is 28.4. The van der Waals surface area contributed by atoms with Gasteiger partial charge >= 0.3 is 6.01 Å². The molecular weight excluding hydrogens is 556 g/mol. The Labute approximate surface area is 246 Å². The van der Waals surface area contributed by atoms with E-state index in [1.165, 1.54) is 6.20 Å². The normalized spacial score (nSPS) is 22.2. The lowest BCUT2D eigenvalue weighted by Crippen LogP contribution is -2.52. The van der Waals surface area contributed by atoms with Gasteiger partial charge in [0.15, 0.2) is 22.3 Å². The van der Waals surface area contributed by atoms with Crippen molar-refractivity contribution in [3.05, 3.63) is 70.2 Å². The number of rotatable bonds is 8. The summed E-state index contributed by atoms with van der Waals surface area (Å²) in [4.78, 5) is 30.8. The molecule has 0 radical (unpaired) electrons. The molecule has 1 saturated carbocycles. The topological polar surface area (TPSA) is 79.7 Å². The molecule has 0 spiro atoms. The fourth-order valence-electron chi connectivity index (χ4n) is 4.11. The maximum Gasteiger partial charge on any atom is 0.307 e. The lowest BCUT2D eigenvalue weighted by Gasteiger charge is -2.43. The first-order valence-electron chi connectivity index (χ1n) is 14.2. The van der Waals surface area contributed by atoms with Gasteiger partial charge in [-0.2, -0.15) is 4.57 Å². The lowest BCUT2D eigenvalue weighted by atomic mass is 9.99. The number of halogens is 1. The standard InChI is InChI=1S/C31H47FN2O5Si2/c1-21-19-33-28(34(26(21)35)27(36)23-16-14-13-15-17-23)38-24-18-25(39-41(11,12)30(6,7)8)31(32,22(24)2)20-37-40(9,10)29(3,4)5/h13-17,19,24-25H,2,18,20H2,1,3-12H3/t24-,25-,31+/m0/s1.